The van der Waals surface area contributed by atoms with Gasteiger partial charge in [0, 0.05) is 0 Å². The van der Waals surface area contributed by atoms with Gasteiger partial charge in [0.25, 0.3) is 0 Å². The summed E-state index contributed by atoms with van der Waals surface area (Å²) in [5, 5.41) is 4.26. The summed E-state index contributed by atoms with van der Waals surface area (Å²) in [6.45, 7) is 4.80. The van der Waals surface area contributed by atoms with Gasteiger partial charge < -0.3 is 4.74 Å². The molecular weight excluding hydrogens is 200 g/mol. The fourth-order valence-electron chi connectivity index (χ4n) is 1.53. The highest BCUT2D eigenvalue weighted by Gasteiger charge is 2.01. The zero-order valence-electron chi connectivity index (χ0n) is 9.63. The van der Waals surface area contributed by atoms with Crippen LogP contribution in [-0.4, -0.2) is 15.9 Å². The third kappa shape index (κ3) is 2.86. The molecule has 0 bridgehead atoms. The highest BCUT2D eigenvalue weighted by molar-refractivity contribution is 5.17. The Morgan fingerprint density at radius 3 is 2.69 bits per heavy atom. The largest absolute Gasteiger partial charge is 0.488 e. The Balaban J connectivity index is 2.03. The second-order valence-electron chi connectivity index (χ2n) is 4.03. The molecule has 84 valence electrons. The van der Waals surface area contributed by atoms with Crippen molar-refractivity contribution >= 4 is 0 Å². The number of rotatable bonds is 4. The van der Waals surface area contributed by atoms with Crippen LogP contribution in [0.2, 0.25) is 0 Å². The van der Waals surface area contributed by atoms with E-state index in [4.69, 9.17) is 4.74 Å². The Kier molecular flexibility index (Phi) is 3.25. The van der Waals surface area contributed by atoms with E-state index in [-0.39, 0.29) is 6.10 Å². The summed E-state index contributed by atoms with van der Waals surface area (Å²) in [5.74, 6) is 0.825. The van der Waals surface area contributed by atoms with Gasteiger partial charge in [0.2, 0.25) is 0 Å². The van der Waals surface area contributed by atoms with E-state index in [1.54, 1.807) is 6.20 Å². The molecule has 16 heavy (non-hydrogen) atoms. The molecule has 0 saturated carbocycles. The predicted molar refractivity (Wildman–Crippen MR) is 63.5 cm³/mol. The van der Waals surface area contributed by atoms with Gasteiger partial charge in [-0.3, -0.25) is 4.68 Å². The van der Waals surface area contributed by atoms with Crippen molar-refractivity contribution in [3.63, 3.8) is 0 Å². The Hall–Kier alpha value is -1.77. The predicted octanol–water partition coefficient (Wildman–Crippen LogP) is 2.72. The van der Waals surface area contributed by atoms with Crippen molar-refractivity contribution in [2.24, 2.45) is 0 Å². The van der Waals surface area contributed by atoms with E-state index in [1.165, 1.54) is 5.56 Å². The van der Waals surface area contributed by atoms with E-state index < -0.39 is 0 Å². The van der Waals surface area contributed by atoms with Crippen molar-refractivity contribution in [1.82, 2.24) is 9.78 Å². The molecule has 0 unspecified atom stereocenters. The zero-order chi connectivity index (χ0) is 11.4. The normalized spacial score (nSPS) is 10.7. The van der Waals surface area contributed by atoms with Crippen LogP contribution in [0.25, 0.3) is 0 Å². The summed E-state index contributed by atoms with van der Waals surface area (Å²) in [6.07, 6.45) is 3.87. The van der Waals surface area contributed by atoms with Crippen LogP contribution in [0.15, 0.2) is 42.7 Å². The molecule has 0 N–H and O–H groups in total. The first-order valence-electron chi connectivity index (χ1n) is 5.47. The van der Waals surface area contributed by atoms with Gasteiger partial charge in [0.1, 0.15) is 0 Å². The lowest BCUT2D eigenvalue weighted by atomic mass is 10.2. The zero-order valence-corrected chi connectivity index (χ0v) is 9.63. The smallest absolute Gasteiger partial charge is 0.157 e. The summed E-state index contributed by atoms with van der Waals surface area (Å²) in [7, 11) is 0. The first-order chi connectivity index (χ1) is 7.74. The third-order valence-corrected chi connectivity index (χ3v) is 2.17. The molecule has 0 aliphatic heterocycles. The number of benzene rings is 1. The monoisotopic (exact) mass is 216 g/mol. The molecule has 1 aromatic carbocycles. The first-order valence-corrected chi connectivity index (χ1v) is 5.47. The van der Waals surface area contributed by atoms with Crippen LogP contribution in [0.1, 0.15) is 19.4 Å². The number of nitrogens with zero attached hydrogens (tertiary/aromatic N) is 2. The van der Waals surface area contributed by atoms with Crippen LogP contribution in [0.5, 0.6) is 5.75 Å². The minimum absolute atomic E-state index is 0.189. The fraction of sp³-hybridized carbons (Fsp3) is 0.308. The maximum atomic E-state index is 5.55. The molecule has 0 spiro atoms. The topological polar surface area (TPSA) is 27.1 Å². The molecule has 1 heterocycles. The summed E-state index contributed by atoms with van der Waals surface area (Å²) in [6, 6.07) is 10.3. The van der Waals surface area contributed by atoms with Crippen molar-refractivity contribution in [2.75, 3.05) is 0 Å². The fourth-order valence-corrected chi connectivity index (χ4v) is 1.53. The van der Waals surface area contributed by atoms with Gasteiger partial charge in [-0.05, 0) is 19.4 Å². The van der Waals surface area contributed by atoms with Crippen LogP contribution in [0, 0.1) is 0 Å². The number of hydrogen-bond acceptors (Lipinski definition) is 2. The first kappa shape index (κ1) is 10.7. The van der Waals surface area contributed by atoms with Crippen molar-refractivity contribution in [2.45, 2.75) is 26.5 Å². The second-order valence-corrected chi connectivity index (χ2v) is 4.03. The molecular formula is C13H16N2O. The Morgan fingerprint density at radius 1 is 1.25 bits per heavy atom. The van der Waals surface area contributed by atoms with Crippen LogP contribution in [0.3, 0.4) is 0 Å². The summed E-state index contributed by atoms with van der Waals surface area (Å²) in [5.41, 5.74) is 1.24. The van der Waals surface area contributed by atoms with E-state index >= 15 is 0 Å². The van der Waals surface area contributed by atoms with Gasteiger partial charge in [-0.2, -0.15) is 5.10 Å². The van der Waals surface area contributed by atoms with Crippen molar-refractivity contribution in [3.8, 4) is 5.75 Å². The van der Waals surface area contributed by atoms with Gasteiger partial charge in [0.05, 0.1) is 25.0 Å². The number of ether oxygens (including phenoxy) is 1. The quantitative estimate of drug-likeness (QED) is 0.785. The summed E-state index contributed by atoms with van der Waals surface area (Å²) in [4.78, 5) is 0. The van der Waals surface area contributed by atoms with Crippen LogP contribution in [0.4, 0.5) is 0 Å². The summed E-state index contributed by atoms with van der Waals surface area (Å²) < 4.78 is 7.43. The molecule has 0 radical (unpaired) electrons. The maximum absolute atomic E-state index is 5.55. The Labute approximate surface area is 95.7 Å². The molecule has 0 amide bonds. The van der Waals surface area contributed by atoms with Gasteiger partial charge >= 0.3 is 0 Å². The van der Waals surface area contributed by atoms with Crippen molar-refractivity contribution < 1.29 is 4.74 Å². The highest BCUT2D eigenvalue weighted by Crippen LogP contribution is 2.11. The van der Waals surface area contributed by atoms with Gasteiger partial charge in [-0.25, -0.2) is 0 Å². The maximum Gasteiger partial charge on any atom is 0.157 e. The van der Waals surface area contributed by atoms with E-state index in [9.17, 15) is 0 Å². The summed E-state index contributed by atoms with van der Waals surface area (Å²) >= 11 is 0. The van der Waals surface area contributed by atoms with Crippen LogP contribution < -0.4 is 4.74 Å². The average Bonchev–Trinajstić information content (AvgIpc) is 2.66. The lowest BCUT2D eigenvalue weighted by Crippen LogP contribution is -2.04. The number of aromatic nitrogens is 2. The molecule has 1 aromatic heterocycles. The lowest BCUT2D eigenvalue weighted by Gasteiger charge is -2.05. The van der Waals surface area contributed by atoms with Gasteiger partial charge in [-0.1, -0.05) is 30.3 Å². The Morgan fingerprint density at radius 2 is 2.00 bits per heavy atom. The molecule has 0 aliphatic rings. The van der Waals surface area contributed by atoms with Crippen LogP contribution in [-0.2, 0) is 6.54 Å². The molecule has 0 fully saturated rings. The van der Waals surface area contributed by atoms with Crippen molar-refractivity contribution in [1.29, 1.82) is 0 Å². The van der Waals surface area contributed by atoms with E-state index in [1.807, 2.05) is 42.9 Å². The molecule has 0 saturated heterocycles. The molecule has 0 aliphatic carbocycles. The highest BCUT2D eigenvalue weighted by atomic mass is 16.5. The number of hydrogen-bond donors (Lipinski definition) is 0. The SMILES string of the molecule is CC(C)Oc1cnn(Cc2ccccc2)c1. The minimum Gasteiger partial charge on any atom is -0.488 e. The minimum atomic E-state index is 0.189. The lowest BCUT2D eigenvalue weighted by molar-refractivity contribution is 0.242. The Bertz CT molecular complexity index is 434. The van der Waals surface area contributed by atoms with Crippen molar-refractivity contribution in [3.05, 3.63) is 48.3 Å². The molecule has 2 aromatic rings. The van der Waals surface area contributed by atoms with Gasteiger partial charge in [0.15, 0.2) is 5.75 Å². The second kappa shape index (κ2) is 4.84. The van der Waals surface area contributed by atoms with E-state index in [2.05, 4.69) is 17.2 Å². The average molecular weight is 216 g/mol. The molecule has 2 rings (SSSR count). The standard InChI is InChI=1S/C13H16N2O/c1-11(2)16-13-8-14-15(10-13)9-12-6-4-3-5-7-12/h3-8,10-11H,9H2,1-2H3. The van der Waals surface area contributed by atoms with Gasteiger partial charge in [-0.15, -0.1) is 0 Å². The third-order valence-electron chi connectivity index (χ3n) is 2.17. The van der Waals surface area contributed by atoms with Crippen LogP contribution >= 0.6 is 0 Å². The molecule has 3 nitrogen and oxygen atoms in total. The molecule has 3 heteroatoms. The van der Waals surface area contributed by atoms with E-state index in [0.717, 1.165) is 12.3 Å². The van der Waals surface area contributed by atoms with E-state index in [0.29, 0.717) is 0 Å². The molecule has 0 atom stereocenters.